The van der Waals surface area contributed by atoms with E-state index in [0.717, 1.165) is 17.0 Å². The number of carbonyl (C=O) groups is 2. The topological polar surface area (TPSA) is 87.3 Å². The molecule has 7 nitrogen and oxygen atoms in total. The molecule has 1 aliphatic rings. The summed E-state index contributed by atoms with van der Waals surface area (Å²) in [6, 6.07) is 6.51. The van der Waals surface area contributed by atoms with Crippen molar-refractivity contribution in [3.63, 3.8) is 0 Å². The van der Waals surface area contributed by atoms with Gasteiger partial charge in [0.05, 0.1) is 22.8 Å². The van der Waals surface area contributed by atoms with Gasteiger partial charge in [0.2, 0.25) is 0 Å². The maximum Gasteiger partial charge on any atom is 0.410 e. The Morgan fingerprint density at radius 3 is 2.57 bits per heavy atom. The number of hydrogen-bond acceptors (Lipinski definition) is 4. The minimum atomic E-state index is -2.96. The number of aromatic amines is 1. The number of halogens is 3. The van der Waals surface area contributed by atoms with Crippen LogP contribution in [0, 0.1) is 5.82 Å². The van der Waals surface area contributed by atoms with Crippen LogP contribution in [0.5, 0.6) is 0 Å². The normalized spacial score (nSPS) is 15.0. The number of aromatic nitrogens is 2. The van der Waals surface area contributed by atoms with Crippen molar-refractivity contribution < 1.29 is 27.5 Å². The van der Waals surface area contributed by atoms with E-state index < -0.39 is 41.4 Å². The molecule has 0 radical (unpaired) electrons. The summed E-state index contributed by atoms with van der Waals surface area (Å²) in [5.74, 6) is -1.62. The molecule has 2 aromatic heterocycles. The largest absolute Gasteiger partial charge is 0.444 e. The van der Waals surface area contributed by atoms with Crippen molar-refractivity contribution in [3.05, 3.63) is 70.9 Å². The fourth-order valence-electron chi connectivity index (χ4n) is 4.20. The van der Waals surface area contributed by atoms with Gasteiger partial charge >= 0.3 is 6.09 Å². The van der Waals surface area contributed by atoms with Crippen LogP contribution < -0.4 is 5.32 Å². The summed E-state index contributed by atoms with van der Waals surface area (Å²) in [4.78, 5) is 34.8. The molecule has 1 aromatic carbocycles. The minimum absolute atomic E-state index is 0.0396. The number of rotatable bonds is 5. The standard InChI is InChI=1S/C27H29F3N4O3/c1-15(18-6-5-7-19(21(18)28)24(29)30)32-25(35)23-22-17(8-11-31-22)14-20(33-23)16-9-12-34(13-10-16)26(36)37-27(2,3)4/h5-9,11,14-15,24,31H,10,12-13H2,1-4H3,(H,32,35)/t15-/m1/s1. The highest BCUT2D eigenvalue weighted by molar-refractivity contribution is 6.04. The number of nitrogens with zero attached hydrogens (tertiary/aromatic N) is 2. The van der Waals surface area contributed by atoms with Crippen LogP contribution in [-0.2, 0) is 4.74 Å². The Morgan fingerprint density at radius 1 is 1.19 bits per heavy atom. The van der Waals surface area contributed by atoms with Crippen LogP contribution >= 0.6 is 0 Å². The number of carbonyl (C=O) groups excluding carboxylic acids is 2. The summed E-state index contributed by atoms with van der Waals surface area (Å²) in [6.45, 7) is 7.73. The predicted molar refractivity (Wildman–Crippen MR) is 134 cm³/mol. The van der Waals surface area contributed by atoms with Gasteiger partial charge in [-0.25, -0.2) is 22.9 Å². The van der Waals surface area contributed by atoms with Crippen LogP contribution in [0.3, 0.4) is 0 Å². The van der Waals surface area contributed by atoms with Crippen molar-refractivity contribution in [1.29, 1.82) is 0 Å². The van der Waals surface area contributed by atoms with Gasteiger partial charge in [-0.15, -0.1) is 0 Å². The van der Waals surface area contributed by atoms with Crippen LogP contribution in [0.1, 0.15) is 73.9 Å². The Balaban J connectivity index is 1.57. The lowest BCUT2D eigenvalue weighted by atomic mass is 10.0. The molecular weight excluding hydrogens is 485 g/mol. The van der Waals surface area contributed by atoms with Gasteiger partial charge in [0.15, 0.2) is 5.69 Å². The van der Waals surface area contributed by atoms with Crippen LogP contribution in [-0.4, -0.2) is 45.6 Å². The third-order valence-corrected chi connectivity index (χ3v) is 6.05. The first-order valence-corrected chi connectivity index (χ1v) is 12.0. The predicted octanol–water partition coefficient (Wildman–Crippen LogP) is 6.15. The molecule has 1 atom stereocenters. The summed E-state index contributed by atoms with van der Waals surface area (Å²) < 4.78 is 46.3. The molecule has 0 unspecified atom stereocenters. The van der Waals surface area contributed by atoms with Gasteiger partial charge in [0.1, 0.15) is 11.4 Å². The maximum absolute atomic E-state index is 14.6. The zero-order valence-electron chi connectivity index (χ0n) is 21.1. The average molecular weight is 515 g/mol. The number of alkyl halides is 2. The van der Waals surface area contributed by atoms with E-state index in [2.05, 4.69) is 15.3 Å². The lowest BCUT2D eigenvalue weighted by molar-refractivity contribution is 0.0270. The average Bonchev–Trinajstić information content (AvgIpc) is 3.31. The lowest BCUT2D eigenvalue weighted by Gasteiger charge is -2.29. The zero-order chi connectivity index (χ0) is 26.9. The van der Waals surface area contributed by atoms with Crippen LogP contribution in [0.4, 0.5) is 18.0 Å². The molecule has 4 rings (SSSR count). The van der Waals surface area contributed by atoms with Crippen molar-refractivity contribution >= 4 is 28.5 Å². The van der Waals surface area contributed by atoms with E-state index in [9.17, 15) is 22.8 Å². The quantitative estimate of drug-likeness (QED) is 0.427. The number of ether oxygens (including phenoxy) is 1. The molecule has 3 aromatic rings. The molecule has 196 valence electrons. The van der Waals surface area contributed by atoms with Gasteiger partial charge in [0.25, 0.3) is 12.3 Å². The third kappa shape index (κ3) is 5.79. The highest BCUT2D eigenvalue weighted by Crippen LogP contribution is 2.29. The first kappa shape index (κ1) is 26.2. The third-order valence-electron chi connectivity index (χ3n) is 6.05. The molecule has 0 spiro atoms. The molecule has 0 bridgehead atoms. The van der Waals surface area contributed by atoms with Crippen molar-refractivity contribution in [2.75, 3.05) is 13.1 Å². The second-order valence-corrected chi connectivity index (χ2v) is 9.95. The smallest absolute Gasteiger partial charge is 0.410 e. The van der Waals surface area contributed by atoms with Gasteiger partial charge in [-0.1, -0.05) is 24.3 Å². The van der Waals surface area contributed by atoms with Crippen LogP contribution in [0.2, 0.25) is 0 Å². The molecule has 0 fully saturated rings. The number of amides is 2. The molecule has 3 heterocycles. The Hall–Kier alpha value is -3.82. The second-order valence-electron chi connectivity index (χ2n) is 9.95. The molecule has 0 saturated carbocycles. The monoisotopic (exact) mass is 514 g/mol. The number of benzene rings is 1. The molecule has 0 aliphatic carbocycles. The van der Waals surface area contributed by atoms with E-state index in [1.807, 2.05) is 39.0 Å². The highest BCUT2D eigenvalue weighted by atomic mass is 19.3. The summed E-state index contributed by atoms with van der Waals surface area (Å²) in [5.41, 5.74) is 0.718. The first-order chi connectivity index (χ1) is 17.4. The maximum atomic E-state index is 14.6. The van der Waals surface area contributed by atoms with E-state index in [1.54, 1.807) is 11.1 Å². The number of pyridine rings is 1. The Labute approximate surface area is 212 Å². The molecule has 37 heavy (non-hydrogen) atoms. The van der Waals surface area contributed by atoms with Gasteiger partial charge < -0.3 is 19.9 Å². The molecule has 1 aliphatic heterocycles. The van der Waals surface area contributed by atoms with Gasteiger partial charge in [-0.05, 0) is 51.8 Å². The van der Waals surface area contributed by atoms with Crippen molar-refractivity contribution in [2.45, 2.75) is 52.2 Å². The number of fused-ring (bicyclic) bond motifs is 1. The van der Waals surface area contributed by atoms with E-state index in [-0.39, 0.29) is 11.3 Å². The van der Waals surface area contributed by atoms with Crippen LogP contribution in [0.25, 0.3) is 16.5 Å². The molecule has 10 heteroatoms. The minimum Gasteiger partial charge on any atom is -0.444 e. The fraction of sp³-hybridized carbons (Fsp3) is 0.370. The summed E-state index contributed by atoms with van der Waals surface area (Å²) in [7, 11) is 0. The van der Waals surface area contributed by atoms with Gasteiger partial charge in [0, 0.05) is 30.2 Å². The van der Waals surface area contributed by atoms with Crippen LogP contribution in [0.15, 0.2) is 42.6 Å². The molecule has 0 saturated heterocycles. The Kier molecular flexibility index (Phi) is 7.29. The van der Waals surface area contributed by atoms with Crippen molar-refractivity contribution in [3.8, 4) is 0 Å². The fourth-order valence-corrected chi connectivity index (χ4v) is 4.20. The van der Waals surface area contributed by atoms with E-state index in [1.165, 1.54) is 19.1 Å². The Morgan fingerprint density at radius 2 is 1.92 bits per heavy atom. The Bertz CT molecular complexity index is 1360. The number of hydrogen-bond donors (Lipinski definition) is 2. The summed E-state index contributed by atoms with van der Waals surface area (Å²) >= 11 is 0. The summed E-state index contributed by atoms with van der Waals surface area (Å²) in [5, 5.41) is 3.43. The van der Waals surface area contributed by atoms with Crippen molar-refractivity contribution in [2.24, 2.45) is 0 Å². The summed E-state index contributed by atoms with van der Waals surface area (Å²) in [6.07, 6.45) is 0.722. The SMILES string of the molecule is C[C@@H](NC(=O)c1nc(C2=CCN(C(=O)OC(C)(C)C)CC2)cc2cc[nH]c12)c1cccc(C(F)F)c1F. The van der Waals surface area contributed by atoms with Gasteiger partial charge in [-0.2, -0.15) is 0 Å². The van der Waals surface area contributed by atoms with E-state index in [0.29, 0.717) is 30.7 Å². The van der Waals surface area contributed by atoms with Gasteiger partial charge in [-0.3, -0.25) is 4.79 Å². The first-order valence-electron chi connectivity index (χ1n) is 12.0. The molecule has 2 amide bonds. The lowest BCUT2D eigenvalue weighted by Crippen LogP contribution is -2.39. The van der Waals surface area contributed by atoms with E-state index >= 15 is 0 Å². The highest BCUT2D eigenvalue weighted by Gasteiger charge is 2.26. The molecule has 2 N–H and O–H groups in total. The van der Waals surface area contributed by atoms with Crippen molar-refractivity contribution in [1.82, 2.24) is 20.2 Å². The number of nitrogens with one attached hydrogen (secondary N) is 2. The number of H-pyrrole nitrogens is 1. The molecular formula is C27H29F3N4O3. The second kappa shape index (κ2) is 10.3. The van der Waals surface area contributed by atoms with E-state index in [4.69, 9.17) is 4.74 Å². The zero-order valence-corrected chi connectivity index (χ0v) is 21.1.